The van der Waals surface area contributed by atoms with Crippen molar-refractivity contribution in [1.29, 1.82) is 0 Å². The Bertz CT molecular complexity index is 1090. The molecule has 1 heterocycles. The minimum Gasteiger partial charge on any atom is -0.548 e. The van der Waals surface area contributed by atoms with Gasteiger partial charge in [0.2, 0.25) is 5.91 Å². The van der Waals surface area contributed by atoms with Gasteiger partial charge in [-0.2, -0.15) is 0 Å². The van der Waals surface area contributed by atoms with Crippen LogP contribution < -0.4 is 16.0 Å². The Labute approximate surface area is 160 Å². The third-order valence-corrected chi connectivity index (χ3v) is 4.51. The molecule has 3 rings (SSSR count). The zero-order chi connectivity index (χ0) is 20.3. The van der Waals surface area contributed by atoms with Crippen molar-refractivity contribution >= 4 is 22.8 Å². The van der Waals surface area contributed by atoms with Gasteiger partial charge in [0.15, 0.2) is 0 Å². The van der Waals surface area contributed by atoms with E-state index in [2.05, 4.69) is 5.32 Å². The van der Waals surface area contributed by atoms with Gasteiger partial charge in [-0.1, -0.05) is 30.3 Å². The number of hydrogen-bond donors (Lipinski definition) is 2. The van der Waals surface area contributed by atoms with Gasteiger partial charge in [0.05, 0.1) is 24.0 Å². The van der Waals surface area contributed by atoms with Crippen LogP contribution in [0.3, 0.4) is 0 Å². The number of carbonyl (C=O) groups is 2. The number of benzene rings is 2. The summed E-state index contributed by atoms with van der Waals surface area (Å²) >= 11 is 0. The first-order chi connectivity index (χ1) is 13.3. The average molecular weight is 380 g/mol. The molecule has 2 aromatic carbocycles. The second-order valence-corrected chi connectivity index (χ2v) is 6.48. The molecule has 1 amide bonds. The quantitative estimate of drug-likeness (QED) is 0.611. The van der Waals surface area contributed by atoms with Crippen LogP contribution in [0.25, 0.3) is 11.0 Å². The predicted octanol–water partition coefficient (Wildman–Crippen LogP) is 0.827. The van der Waals surface area contributed by atoms with E-state index in [1.54, 1.807) is 43.3 Å². The van der Waals surface area contributed by atoms with Crippen molar-refractivity contribution in [3.05, 3.63) is 75.6 Å². The predicted molar refractivity (Wildman–Crippen MR) is 99.7 cm³/mol. The monoisotopic (exact) mass is 380 g/mol. The second-order valence-electron chi connectivity index (χ2n) is 6.48. The largest absolute Gasteiger partial charge is 0.548 e. The molecule has 0 saturated heterocycles. The highest BCUT2D eigenvalue weighted by atomic mass is 16.4. The zero-order valence-corrected chi connectivity index (χ0v) is 15.1. The Morgan fingerprint density at radius 2 is 1.89 bits per heavy atom. The Balaban J connectivity index is 1.81. The normalized spacial score (nSPS) is 11.9. The number of aryl methyl sites for hydroxylation is 1. The maximum Gasteiger partial charge on any atom is 0.340 e. The highest BCUT2D eigenvalue weighted by molar-refractivity contribution is 5.87. The molecule has 1 aromatic heterocycles. The number of aromatic hydroxyl groups is 1. The van der Waals surface area contributed by atoms with Gasteiger partial charge in [0, 0.05) is 11.5 Å². The van der Waals surface area contributed by atoms with Crippen LogP contribution in [0.1, 0.15) is 16.7 Å². The highest BCUT2D eigenvalue weighted by Gasteiger charge is 2.19. The van der Waals surface area contributed by atoms with E-state index in [4.69, 9.17) is 4.42 Å². The fourth-order valence-corrected chi connectivity index (χ4v) is 3.04. The first-order valence-corrected chi connectivity index (χ1v) is 8.64. The highest BCUT2D eigenvalue weighted by Crippen LogP contribution is 2.23. The molecule has 2 N–H and O–H groups in total. The summed E-state index contributed by atoms with van der Waals surface area (Å²) in [7, 11) is 0. The van der Waals surface area contributed by atoms with Crippen molar-refractivity contribution in [3.8, 4) is 5.75 Å². The molecule has 144 valence electrons. The summed E-state index contributed by atoms with van der Waals surface area (Å²) < 4.78 is 5.18. The van der Waals surface area contributed by atoms with Gasteiger partial charge < -0.3 is 24.7 Å². The van der Waals surface area contributed by atoms with Crippen LogP contribution in [-0.2, 0) is 22.4 Å². The van der Waals surface area contributed by atoms with Crippen LogP contribution in [0.4, 0.5) is 0 Å². The molecular weight excluding hydrogens is 362 g/mol. The molecule has 7 nitrogen and oxygen atoms in total. The Morgan fingerprint density at radius 3 is 2.57 bits per heavy atom. The number of amides is 1. The number of carboxylic acids is 1. The lowest BCUT2D eigenvalue weighted by Gasteiger charge is -2.20. The standard InChI is InChI=1S/C21H19NO6/c1-12-15-8-7-14(23)10-18(15)28-21(27)16(12)11-19(24)22-17(20(25)26)9-13-5-3-2-4-6-13/h2-8,10,17,23H,9,11H2,1H3,(H,22,24)(H,25,26)/p-1/t17-/m0/s1. The van der Waals surface area contributed by atoms with E-state index in [9.17, 15) is 24.6 Å². The molecule has 0 aliphatic carbocycles. The fraction of sp³-hybridized carbons (Fsp3) is 0.190. The lowest BCUT2D eigenvalue weighted by atomic mass is 10.0. The van der Waals surface area contributed by atoms with E-state index in [0.717, 1.165) is 5.56 Å². The number of aliphatic carboxylic acids is 1. The summed E-state index contributed by atoms with van der Waals surface area (Å²) in [6, 6.07) is 12.0. The molecule has 0 unspecified atom stereocenters. The summed E-state index contributed by atoms with van der Waals surface area (Å²) in [4.78, 5) is 36.0. The van der Waals surface area contributed by atoms with E-state index in [-0.39, 0.29) is 29.7 Å². The smallest absolute Gasteiger partial charge is 0.340 e. The number of nitrogens with one attached hydrogen (secondary N) is 1. The minimum absolute atomic E-state index is 0.0433. The summed E-state index contributed by atoms with van der Waals surface area (Å²) in [6.45, 7) is 1.67. The van der Waals surface area contributed by atoms with E-state index in [0.29, 0.717) is 10.9 Å². The van der Waals surface area contributed by atoms with Gasteiger partial charge in [0.25, 0.3) is 0 Å². The minimum atomic E-state index is -1.41. The molecular formula is C21H18NO6-. The summed E-state index contributed by atoms with van der Waals surface area (Å²) in [6.07, 6.45) is -0.261. The zero-order valence-electron chi connectivity index (χ0n) is 15.1. The van der Waals surface area contributed by atoms with E-state index >= 15 is 0 Å². The molecule has 7 heteroatoms. The topological polar surface area (TPSA) is 120 Å². The third kappa shape index (κ3) is 4.20. The Morgan fingerprint density at radius 1 is 1.18 bits per heavy atom. The van der Waals surface area contributed by atoms with Crippen molar-refractivity contribution in [2.24, 2.45) is 0 Å². The van der Waals surface area contributed by atoms with Gasteiger partial charge in [-0.25, -0.2) is 4.79 Å². The Kier molecular flexibility index (Phi) is 5.44. The molecule has 0 aliphatic rings. The molecule has 1 atom stereocenters. The number of rotatable bonds is 6. The van der Waals surface area contributed by atoms with Crippen LogP contribution in [0.15, 0.2) is 57.7 Å². The summed E-state index contributed by atoms with van der Waals surface area (Å²) in [5.74, 6) is -2.08. The van der Waals surface area contributed by atoms with Crippen LogP contribution in [-0.4, -0.2) is 23.0 Å². The van der Waals surface area contributed by atoms with Crippen molar-refractivity contribution < 1.29 is 24.2 Å². The van der Waals surface area contributed by atoms with E-state index < -0.39 is 23.5 Å². The van der Waals surface area contributed by atoms with Crippen LogP contribution >= 0.6 is 0 Å². The summed E-state index contributed by atoms with van der Waals surface area (Å²) in [5.41, 5.74) is 0.905. The number of fused-ring (bicyclic) bond motifs is 1. The number of phenolic OH excluding ortho intramolecular Hbond substituents is 1. The maximum atomic E-state index is 12.4. The van der Waals surface area contributed by atoms with Crippen LogP contribution in [0.5, 0.6) is 5.75 Å². The molecule has 0 radical (unpaired) electrons. The first kappa shape index (κ1) is 19.2. The van der Waals surface area contributed by atoms with E-state index in [1.807, 2.05) is 0 Å². The first-order valence-electron chi connectivity index (χ1n) is 8.64. The van der Waals surface area contributed by atoms with Crippen molar-refractivity contribution in [2.75, 3.05) is 0 Å². The van der Waals surface area contributed by atoms with Crippen molar-refractivity contribution in [1.82, 2.24) is 5.32 Å². The molecule has 3 aromatic rings. The second kappa shape index (κ2) is 7.96. The Hall–Kier alpha value is -3.61. The van der Waals surface area contributed by atoms with E-state index in [1.165, 1.54) is 12.1 Å². The van der Waals surface area contributed by atoms with Crippen LogP contribution in [0.2, 0.25) is 0 Å². The van der Waals surface area contributed by atoms with Gasteiger partial charge >= 0.3 is 5.63 Å². The molecule has 0 fully saturated rings. The van der Waals surface area contributed by atoms with Crippen LogP contribution in [0, 0.1) is 6.92 Å². The number of carbonyl (C=O) groups excluding carboxylic acids is 2. The maximum absolute atomic E-state index is 12.4. The SMILES string of the molecule is Cc1c(CC(=O)N[C@@H](Cc2ccccc2)C(=O)[O-])c(=O)oc2cc(O)ccc12. The fourth-order valence-electron chi connectivity index (χ4n) is 3.04. The van der Waals surface area contributed by atoms with Gasteiger partial charge in [-0.3, -0.25) is 4.79 Å². The number of carboxylic acid groups (broad SMARTS) is 1. The number of phenols is 1. The van der Waals surface area contributed by atoms with Crippen molar-refractivity contribution in [3.63, 3.8) is 0 Å². The van der Waals surface area contributed by atoms with Crippen molar-refractivity contribution in [2.45, 2.75) is 25.8 Å². The lowest BCUT2D eigenvalue weighted by molar-refractivity contribution is -0.308. The molecule has 28 heavy (non-hydrogen) atoms. The number of hydrogen-bond acceptors (Lipinski definition) is 6. The lowest BCUT2D eigenvalue weighted by Crippen LogP contribution is -2.49. The molecule has 0 aliphatic heterocycles. The summed E-state index contributed by atoms with van der Waals surface area (Å²) in [5, 5.41) is 23.9. The molecule has 0 spiro atoms. The van der Waals surface area contributed by atoms with Gasteiger partial charge in [-0.05, 0) is 36.6 Å². The van der Waals surface area contributed by atoms with Gasteiger partial charge in [-0.15, -0.1) is 0 Å². The molecule has 0 saturated carbocycles. The molecule has 0 bridgehead atoms. The third-order valence-electron chi connectivity index (χ3n) is 4.51. The average Bonchev–Trinajstić information content (AvgIpc) is 2.65. The van der Waals surface area contributed by atoms with Gasteiger partial charge in [0.1, 0.15) is 11.3 Å².